The van der Waals surface area contributed by atoms with E-state index in [1.165, 1.54) is 6.07 Å². The van der Waals surface area contributed by atoms with E-state index >= 15 is 0 Å². The molecule has 0 bridgehead atoms. The molecular formula is C10H11FN2O3. The number of amides is 1. The minimum atomic E-state index is -0.816. The molecule has 1 N–H and O–H groups in total. The highest BCUT2D eigenvalue weighted by atomic mass is 19.1. The molecule has 0 saturated carbocycles. The van der Waals surface area contributed by atoms with Gasteiger partial charge in [0, 0.05) is 12.0 Å². The van der Waals surface area contributed by atoms with Crippen LogP contribution >= 0.6 is 0 Å². The first kappa shape index (κ1) is 12.1. The van der Waals surface area contributed by atoms with Crippen LogP contribution in [0.25, 0.3) is 0 Å². The number of hydrogen-bond donors (Lipinski definition) is 1. The Morgan fingerprint density at radius 2 is 2.12 bits per heavy atom. The zero-order chi connectivity index (χ0) is 12.3. The Balaban J connectivity index is 3.11. The summed E-state index contributed by atoms with van der Waals surface area (Å²) in [5.74, 6) is -1.66. The van der Waals surface area contributed by atoms with E-state index in [1.807, 2.05) is 0 Å². The summed E-state index contributed by atoms with van der Waals surface area (Å²) in [5.41, 5.74) is -0.833. The number of rotatable bonds is 3. The lowest BCUT2D eigenvalue weighted by Crippen LogP contribution is -2.19. The lowest BCUT2D eigenvalue weighted by atomic mass is 10.2. The standard InChI is InChI=1S/C10H11FN2O3/c1-6(2)10(14)12-9-7(11)4-3-5-8(9)13(15)16/h3-6H,1-2H3,(H,12,14). The molecule has 0 aromatic heterocycles. The average molecular weight is 226 g/mol. The summed E-state index contributed by atoms with van der Waals surface area (Å²) in [6.45, 7) is 3.23. The predicted molar refractivity (Wildman–Crippen MR) is 56.5 cm³/mol. The van der Waals surface area contributed by atoms with Gasteiger partial charge in [0.05, 0.1) is 4.92 Å². The molecule has 0 radical (unpaired) electrons. The Kier molecular flexibility index (Phi) is 3.55. The monoisotopic (exact) mass is 226 g/mol. The van der Waals surface area contributed by atoms with E-state index in [0.29, 0.717) is 0 Å². The molecule has 0 aliphatic carbocycles. The van der Waals surface area contributed by atoms with Crippen molar-refractivity contribution in [3.05, 3.63) is 34.1 Å². The van der Waals surface area contributed by atoms with Crippen molar-refractivity contribution in [2.45, 2.75) is 13.8 Å². The van der Waals surface area contributed by atoms with E-state index < -0.39 is 22.3 Å². The molecule has 0 atom stereocenters. The Morgan fingerprint density at radius 1 is 1.50 bits per heavy atom. The highest BCUT2D eigenvalue weighted by Crippen LogP contribution is 2.27. The second kappa shape index (κ2) is 4.69. The van der Waals surface area contributed by atoms with Crippen LogP contribution in [0.4, 0.5) is 15.8 Å². The van der Waals surface area contributed by atoms with E-state index in [-0.39, 0.29) is 11.6 Å². The lowest BCUT2D eigenvalue weighted by Gasteiger charge is -2.08. The van der Waals surface area contributed by atoms with Crippen LogP contribution in [0.3, 0.4) is 0 Å². The summed E-state index contributed by atoms with van der Waals surface area (Å²) >= 11 is 0. The summed E-state index contributed by atoms with van der Waals surface area (Å²) < 4.78 is 13.3. The summed E-state index contributed by atoms with van der Waals surface area (Å²) in [5, 5.41) is 12.8. The summed E-state index contributed by atoms with van der Waals surface area (Å²) in [6, 6.07) is 3.42. The van der Waals surface area contributed by atoms with Gasteiger partial charge >= 0.3 is 0 Å². The number of halogens is 1. The molecule has 1 rings (SSSR count). The van der Waals surface area contributed by atoms with Crippen LogP contribution in [0, 0.1) is 21.8 Å². The number of nitro benzene ring substituents is 1. The van der Waals surface area contributed by atoms with Gasteiger partial charge in [-0.25, -0.2) is 4.39 Å². The van der Waals surface area contributed by atoms with Gasteiger partial charge < -0.3 is 5.32 Å². The molecule has 86 valence electrons. The number of carbonyl (C=O) groups is 1. The SMILES string of the molecule is CC(C)C(=O)Nc1c(F)cccc1[N+](=O)[O-]. The van der Waals surface area contributed by atoms with Crippen LogP contribution < -0.4 is 5.32 Å². The minimum Gasteiger partial charge on any atom is -0.318 e. The van der Waals surface area contributed by atoms with Crippen molar-refractivity contribution in [3.8, 4) is 0 Å². The molecule has 1 aromatic rings. The van der Waals surface area contributed by atoms with Crippen LogP contribution in [-0.4, -0.2) is 10.8 Å². The molecular weight excluding hydrogens is 215 g/mol. The van der Waals surface area contributed by atoms with Crippen LogP contribution in [0.1, 0.15) is 13.8 Å². The number of benzene rings is 1. The Hall–Kier alpha value is -1.98. The zero-order valence-electron chi connectivity index (χ0n) is 8.86. The van der Waals surface area contributed by atoms with Crippen LogP contribution in [-0.2, 0) is 4.79 Å². The van der Waals surface area contributed by atoms with Gasteiger partial charge in [-0.05, 0) is 6.07 Å². The van der Waals surface area contributed by atoms with Gasteiger partial charge in [0.25, 0.3) is 5.69 Å². The first-order chi connectivity index (χ1) is 7.43. The number of carbonyl (C=O) groups excluding carboxylic acids is 1. The molecule has 0 saturated heterocycles. The molecule has 0 spiro atoms. The number of hydrogen-bond acceptors (Lipinski definition) is 3. The van der Waals surface area contributed by atoms with E-state index in [1.54, 1.807) is 13.8 Å². The fourth-order valence-electron chi connectivity index (χ4n) is 1.06. The first-order valence-electron chi connectivity index (χ1n) is 4.67. The lowest BCUT2D eigenvalue weighted by molar-refractivity contribution is -0.384. The van der Waals surface area contributed by atoms with Crippen LogP contribution in [0.15, 0.2) is 18.2 Å². The first-order valence-corrected chi connectivity index (χ1v) is 4.67. The normalized spacial score (nSPS) is 10.2. The number of nitrogens with one attached hydrogen (secondary N) is 1. The van der Waals surface area contributed by atoms with Gasteiger partial charge in [0.15, 0.2) is 11.5 Å². The van der Waals surface area contributed by atoms with Gasteiger partial charge in [-0.1, -0.05) is 19.9 Å². The van der Waals surface area contributed by atoms with Gasteiger partial charge in [0.2, 0.25) is 5.91 Å². The zero-order valence-corrected chi connectivity index (χ0v) is 8.86. The molecule has 1 aromatic carbocycles. The number of para-hydroxylation sites is 1. The fourth-order valence-corrected chi connectivity index (χ4v) is 1.06. The molecule has 0 aliphatic heterocycles. The van der Waals surface area contributed by atoms with Crippen molar-refractivity contribution in [1.82, 2.24) is 0 Å². The molecule has 5 nitrogen and oxygen atoms in total. The van der Waals surface area contributed by atoms with Crippen LogP contribution in [0.2, 0.25) is 0 Å². The Labute approximate surface area is 91.4 Å². The predicted octanol–water partition coefficient (Wildman–Crippen LogP) is 2.33. The summed E-state index contributed by atoms with van der Waals surface area (Å²) in [6.07, 6.45) is 0. The fraction of sp³-hybridized carbons (Fsp3) is 0.300. The topological polar surface area (TPSA) is 72.2 Å². The number of nitrogens with zero attached hydrogens (tertiary/aromatic N) is 1. The second-order valence-electron chi connectivity index (χ2n) is 3.54. The minimum absolute atomic E-state index is 0.376. The molecule has 0 fully saturated rings. The number of nitro groups is 1. The molecule has 6 heteroatoms. The van der Waals surface area contributed by atoms with Crippen molar-refractivity contribution in [1.29, 1.82) is 0 Å². The van der Waals surface area contributed by atoms with Crippen molar-refractivity contribution >= 4 is 17.3 Å². The highest BCUT2D eigenvalue weighted by molar-refractivity contribution is 5.94. The van der Waals surface area contributed by atoms with E-state index in [4.69, 9.17) is 0 Å². The highest BCUT2D eigenvalue weighted by Gasteiger charge is 2.20. The van der Waals surface area contributed by atoms with Crippen molar-refractivity contribution in [2.75, 3.05) is 5.32 Å². The molecule has 16 heavy (non-hydrogen) atoms. The van der Waals surface area contributed by atoms with Gasteiger partial charge in [-0.15, -0.1) is 0 Å². The third-order valence-electron chi connectivity index (χ3n) is 1.96. The largest absolute Gasteiger partial charge is 0.318 e. The molecule has 0 aliphatic rings. The van der Waals surface area contributed by atoms with Gasteiger partial charge in [0.1, 0.15) is 0 Å². The maximum atomic E-state index is 13.3. The van der Waals surface area contributed by atoms with Gasteiger partial charge in [-0.2, -0.15) is 0 Å². The van der Waals surface area contributed by atoms with E-state index in [9.17, 15) is 19.3 Å². The Morgan fingerprint density at radius 3 is 2.62 bits per heavy atom. The average Bonchev–Trinajstić information content (AvgIpc) is 2.20. The molecule has 1 amide bonds. The third-order valence-corrected chi connectivity index (χ3v) is 1.96. The smallest absolute Gasteiger partial charge is 0.295 e. The third kappa shape index (κ3) is 2.53. The van der Waals surface area contributed by atoms with Crippen molar-refractivity contribution in [3.63, 3.8) is 0 Å². The van der Waals surface area contributed by atoms with E-state index in [2.05, 4.69) is 5.32 Å². The Bertz CT molecular complexity index is 432. The maximum Gasteiger partial charge on any atom is 0.295 e. The second-order valence-corrected chi connectivity index (χ2v) is 3.54. The van der Waals surface area contributed by atoms with Gasteiger partial charge in [-0.3, -0.25) is 14.9 Å². The molecule has 0 heterocycles. The summed E-state index contributed by atoms with van der Waals surface area (Å²) in [4.78, 5) is 21.2. The quantitative estimate of drug-likeness (QED) is 0.635. The summed E-state index contributed by atoms with van der Waals surface area (Å²) in [7, 11) is 0. The van der Waals surface area contributed by atoms with E-state index in [0.717, 1.165) is 12.1 Å². The van der Waals surface area contributed by atoms with Crippen molar-refractivity contribution < 1.29 is 14.1 Å². The number of anilines is 1. The molecule has 0 unspecified atom stereocenters. The van der Waals surface area contributed by atoms with Crippen molar-refractivity contribution in [2.24, 2.45) is 5.92 Å². The maximum absolute atomic E-state index is 13.3. The van der Waals surface area contributed by atoms with Crippen LogP contribution in [0.5, 0.6) is 0 Å².